The lowest BCUT2D eigenvalue weighted by Gasteiger charge is -2.04. The Bertz CT molecular complexity index is 605. The summed E-state index contributed by atoms with van der Waals surface area (Å²) in [7, 11) is 1.69. The second-order valence-electron chi connectivity index (χ2n) is 3.93. The highest BCUT2D eigenvalue weighted by Gasteiger charge is 2.28. The minimum Gasteiger partial charge on any atom is -0.460 e. The Morgan fingerprint density at radius 2 is 2.26 bits per heavy atom. The number of nitrogens with zero attached hydrogens (tertiary/aromatic N) is 1. The molecule has 6 heteroatoms. The number of aromatic amines is 1. The van der Waals surface area contributed by atoms with Crippen LogP contribution in [0.3, 0.4) is 0 Å². The lowest BCUT2D eigenvalue weighted by Crippen LogP contribution is -2.29. The summed E-state index contributed by atoms with van der Waals surface area (Å²) in [5.41, 5.74) is 0.717. The molecular formula is C13H13ClFN2O2+. The fourth-order valence-corrected chi connectivity index (χ4v) is 2.11. The van der Waals surface area contributed by atoms with E-state index in [1.807, 2.05) is 0 Å². The zero-order chi connectivity index (χ0) is 14.0. The molecule has 2 rings (SSSR count). The lowest BCUT2D eigenvalue weighted by atomic mass is 10.1. The summed E-state index contributed by atoms with van der Waals surface area (Å²) in [6, 6.07) is 4.38. The number of carbonyl (C=O) groups excluding carboxylic acids is 1. The van der Waals surface area contributed by atoms with Gasteiger partial charge in [-0.2, -0.15) is 0 Å². The zero-order valence-electron chi connectivity index (χ0n) is 10.5. The van der Waals surface area contributed by atoms with Gasteiger partial charge in [-0.15, -0.1) is 0 Å². The lowest BCUT2D eigenvalue weighted by molar-refractivity contribution is -0.659. The molecule has 0 aliphatic heterocycles. The smallest absolute Gasteiger partial charge is 0.382 e. The van der Waals surface area contributed by atoms with Gasteiger partial charge in [-0.25, -0.2) is 18.7 Å². The van der Waals surface area contributed by atoms with Crippen molar-refractivity contribution in [3.63, 3.8) is 0 Å². The predicted molar refractivity (Wildman–Crippen MR) is 68.3 cm³/mol. The van der Waals surface area contributed by atoms with Crippen LogP contribution in [0.5, 0.6) is 0 Å². The predicted octanol–water partition coefficient (Wildman–Crippen LogP) is 2.48. The molecule has 0 saturated heterocycles. The average Bonchev–Trinajstić information content (AvgIpc) is 2.72. The van der Waals surface area contributed by atoms with E-state index in [1.54, 1.807) is 30.9 Å². The first kappa shape index (κ1) is 13.5. The van der Waals surface area contributed by atoms with Gasteiger partial charge in [-0.3, -0.25) is 0 Å². The highest BCUT2D eigenvalue weighted by molar-refractivity contribution is 6.33. The molecule has 19 heavy (non-hydrogen) atoms. The van der Waals surface area contributed by atoms with Crippen LogP contribution in [0.15, 0.2) is 24.5 Å². The highest BCUT2D eigenvalue weighted by Crippen LogP contribution is 2.30. The number of aromatic nitrogens is 2. The second kappa shape index (κ2) is 5.40. The minimum absolute atomic E-state index is 0.177. The Balaban J connectivity index is 2.62. The molecule has 1 aromatic heterocycles. The summed E-state index contributed by atoms with van der Waals surface area (Å²) in [5, 5.41) is 0.237. The van der Waals surface area contributed by atoms with Gasteiger partial charge in [0.15, 0.2) is 5.69 Å². The van der Waals surface area contributed by atoms with Crippen LogP contribution in [-0.4, -0.2) is 17.6 Å². The summed E-state index contributed by atoms with van der Waals surface area (Å²) >= 11 is 6.03. The van der Waals surface area contributed by atoms with Crippen LogP contribution in [0.1, 0.15) is 17.4 Å². The van der Waals surface area contributed by atoms with Gasteiger partial charge in [0.25, 0.3) is 5.69 Å². The number of imidazole rings is 1. The van der Waals surface area contributed by atoms with E-state index in [0.717, 1.165) is 0 Å². The first-order valence-corrected chi connectivity index (χ1v) is 6.12. The maximum absolute atomic E-state index is 14.0. The monoisotopic (exact) mass is 283 g/mol. The molecule has 0 aliphatic carbocycles. The van der Waals surface area contributed by atoms with Gasteiger partial charge in [0.05, 0.1) is 24.2 Å². The Morgan fingerprint density at radius 1 is 1.53 bits per heavy atom. The van der Waals surface area contributed by atoms with Crippen LogP contribution in [0.4, 0.5) is 4.39 Å². The summed E-state index contributed by atoms with van der Waals surface area (Å²) in [6.07, 6.45) is 1.55. The van der Waals surface area contributed by atoms with E-state index in [4.69, 9.17) is 16.3 Å². The third-order valence-corrected chi connectivity index (χ3v) is 2.99. The summed E-state index contributed by atoms with van der Waals surface area (Å²) in [4.78, 5) is 14.6. The normalized spacial score (nSPS) is 10.5. The molecule has 1 heterocycles. The molecule has 0 amide bonds. The molecule has 100 valence electrons. The molecule has 0 saturated carbocycles. The van der Waals surface area contributed by atoms with E-state index in [2.05, 4.69) is 4.98 Å². The standard InChI is InChI=1S/C13H12ClFN2O2/c1-3-19-13(18)11-12(17(2)7-16-11)10-8(14)5-4-6-9(10)15/h4-7H,3H2,1-2H3/p+1. The summed E-state index contributed by atoms with van der Waals surface area (Å²) < 4.78 is 20.5. The maximum atomic E-state index is 14.0. The molecule has 0 radical (unpaired) electrons. The molecule has 0 bridgehead atoms. The van der Waals surface area contributed by atoms with E-state index < -0.39 is 11.8 Å². The highest BCUT2D eigenvalue weighted by atomic mass is 35.5. The van der Waals surface area contributed by atoms with Gasteiger partial charge in [0.2, 0.25) is 6.33 Å². The maximum Gasteiger partial charge on any atom is 0.382 e. The SMILES string of the molecule is CCOC(=O)c1[nH]c[n+](C)c1-c1c(F)cccc1Cl. The molecule has 2 aromatic rings. The molecule has 4 nitrogen and oxygen atoms in total. The Hall–Kier alpha value is -1.88. The number of halogens is 2. The fraction of sp³-hybridized carbons (Fsp3) is 0.231. The van der Waals surface area contributed by atoms with Gasteiger partial charge in [-0.05, 0) is 19.1 Å². The number of esters is 1. The van der Waals surface area contributed by atoms with Gasteiger partial charge in [-0.1, -0.05) is 17.7 Å². The molecule has 0 aliphatic rings. The van der Waals surface area contributed by atoms with Gasteiger partial charge in [0, 0.05) is 0 Å². The quantitative estimate of drug-likeness (QED) is 0.695. The van der Waals surface area contributed by atoms with Crippen molar-refractivity contribution < 1.29 is 18.5 Å². The van der Waals surface area contributed by atoms with Crippen molar-refractivity contribution in [2.24, 2.45) is 7.05 Å². The van der Waals surface area contributed by atoms with Crippen LogP contribution in [0.2, 0.25) is 5.02 Å². The molecule has 0 unspecified atom stereocenters. The van der Waals surface area contributed by atoms with E-state index in [0.29, 0.717) is 5.69 Å². The van der Waals surface area contributed by atoms with Crippen molar-refractivity contribution in [2.75, 3.05) is 6.61 Å². The topological polar surface area (TPSA) is 46.0 Å². The van der Waals surface area contributed by atoms with Crippen LogP contribution < -0.4 is 4.57 Å². The van der Waals surface area contributed by atoms with Gasteiger partial charge < -0.3 is 4.74 Å². The van der Waals surface area contributed by atoms with Gasteiger partial charge >= 0.3 is 5.97 Å². The molecule has 0 fully saturated rings. The number of H-pyrrole nitrogens is 1. The largest absolute Gasteiger partial charge is 0.460 e. The van der Waals surface area contributed by atoms with Crippen molar-refractivity contribution in [1.29, 1.82) is 0 Å². The number of hydrogen-bond donors (Lipinski definition) is 1. The summed E-state index contributed by atoms with van der Waals surface area (Å²) in [5.74, 6) is -1.04. The third kappa shape index (κ3) is 2.46. The van der Waals surface area contributed by atoms with E-state index in [1.165, 1.54) is 12.1 Å². The Labute approximate surface area is 114 Å². The minimum atomic E-state index is -0.544. The van der Waals surface area contributed by atoms with Crippen LogP contribution in [-0.2, 0) is 11.8 Å². The molecule has 1 N–H and O–H groups in total. The average molecular weight is 284 g/mol. The van der Waals surface area contributed by atoms with E-state index >= 15 is 0 Å². The number of ether oxygens (including phenoxy) is 1. The summed E-state index contributed by atoms with van der Waals surface area (Å²) in [6.45, 7) is 1.95. The molecule has 0 spiro atoms. The third-order valence-electron chi connectivity index (χ3n) is 2.67. The molecule has 0 atom stereocenters. The van der Waals surface area contributed by atoms with E-state index in [9.17, 15) is 9.18 Å². The molecular weight excluding hydrogens is 271 g/mol. The fourth-order valence-electron chi connectivity index (χ4n) is 1.85. The van der Waals surface area contributed by atoms with Gasteiger partial charge in [0.1, 0.15) is 5.82 Å². The van der Waals surface area contributed by atoms with E-state index in [-0.39, 0.29) is 22.9 Å². The zero-order valence-corrected chi connectivity index (χ0v) is 11.3. The number of hydrogen-bond acceptors (Lipinski definition) is 2. The van der Waals surface area contributed by atoms with Crippen molar-refractivity contribution in [3.8, 4) is 11.3 Å². The number of aryl methyl sites for hydroxylation is 1. The number of nitrogens with one attached hydrogen (secondary N) is 1. The van der Waals surface area contributed by atoms with Crippen molar-refractivity contribution in [1.82, 2.24) is 4.98 Å². The molecule has 1 aromatic carbocycles. The number of carbonyl (C=O) groups is 1. The van der Waals surface area contributed by atoms with Crippen molar-refractivity contribution in [3.05, 3.63) is 41.1 Å². The van der Waals surface area contributed by atoms with Crippen molar-refractivity contribution >= 4 is 17.6 Å². The van der Waals surface area contributed by atoms with Crippen LogP contribution in [0.25, 0.3) is 11.3 Å². The first-order chi connectivity index (χ1) is 9.06. The number of benzene rings is 1. The van der Waals surface area contributed by atoms with Crippen LogP contribution >= 0.6 is 11.6 Å². The second-order valence-corrected chi connectivity index (χ2v) is 4.33. The Morgan fingerprint density at radius 3 is 2.89 bits per heavy atom. The first-order valence-electron chi connectivity index (χ1n) is 5.74. The number of rotatable bonds is 3. The van der Waals surface area contributed by atoms with Crippen LogP contribution in [0, 0.1) is 5.82 Å². The van der Waals surface area contributed by atoms with Crippen molar-refractivity contribution in [2.45, 2.75) is 6.92 Å². The Kier molecular flexibility index (Phi) is 3.85.